The predicted molar refractivity (Wildman–Crippen MR) is 105 cm³/mol. The second-order valence-electron chi connectivity index (χ2n) is 7.83. The first kappa shape index (κ1) is 18.3. The van der Waals surface area contributed by atoms with Crippen molar-refractivity contribution in [3.8, 4) is 0 Å². The summed E-state index contributed by atoms with van der Waals surface area (Å²) in [5.41, 5.74) is 0. The zero-order chi connectivity index (χ0) is 18.6. The minimum Gasteiger partial charge on any atom is -0.459 e. The van der Waals surface area contributed by atoms with Gasteiger partial charge in [0.05, 0.1) is 6.26 Å². The topological polar surface area (TPSA) is 64.3 Å². The third-order valence-electron chi connectivity index (χ3n) is 5.81. The molecule has 0 bridgehead atoms. The van der Waals surface area contributed by atoms with E-state index in [-0.39, 0.29) is 5.91 Å². The molecule has 3 fully saturated rings. The van der Waals surface area contributed by atoms with Crippen LogP contribution in [0.1, 0.15) is 36.7 Å². The number of hydrogen-bond acceptors (Lipinski definition) is 4. The van der Waals surface area contributed by atoms with Gasteiger partial charge in [-0.2, -0.15) is 0 Å². The third kappa shape index (κ3) is 4.46. The average molecular weight is 374 g/mol. The van der Waals surface area contributed by atoms with Crippen LogP contribution in [0.15, 0.2) is 27.8 Å². The summed E-state index contributed by atoms with van der Waals surface area (Å²) in [6.07, 6.45) is 5.59. The molecule has 4 rings (SSSR count). The van der Waals surface area contributed by atoms with E-state index in [9.17, 15) is 4.79 Å². The van der Waals surface area contributed by atoms with E-state index in [1.165, 1.54) is 32.4 Å². The number of amides is 1. The van der Waals surface area contributed by atoms with Crippen LogP contribution in [0.25, 0.3) is 0 Å². The molecule has 3 heterocycles. The Kier molecular flexibility index (Phi) is 5.66. The molecule has 1 aromatic rings. The van der Waals surface area contributed by atoms with Crippen molar-refractivity contribution in [2.45, 2.75) is 32.2 Å². The van der Waals surface area contributed by atoms with E-state index in [4.69, 9.17) is 9.41 Å². The lowest BCUT2D eigenvalue weighted by Crippen LogP contribution is -2.53. The number of rotatable bonds is 5. The van der Waals surface area contributed by atoms with Gasteiger partial charge in [0.2, 0.25) is 0 Å². The Balaban J connectivity index is 1.29. The lowest BCUT2D eigenvalue weighted by molar-refractivity contribution is 0.0657. The lowest BCUT2D eigenvalue weighted by atomic mass is 10.1. The molecule has 7 nitrogen and oxygen atoms in total. The monoisotopic (exact) mass is 373 g/mol. The molecular weight excluding hydrogens is 342 g/mol. The van der Waals surface area contributed by atoms with Crippen molar-refractivity contribution in [2.24, 2.45) is 10.9 Å². The maximum absolute atomic E-state index is 12.4. The zero-order valence-corrected chi connectivity index (χ0v) is 16.3. The van der Waals surface area contributed by atoms with Crippen molar-refractivity contribution in [1.29, 1.82) is 0 Å². The SMILES string of the molecule is CCNC(=NCC1CCN(C2CC2)C1)N1CCN(C(=O)c2ccco2)CC1. The second kappa shape index (κ2) is 8.33. The van der Waals surface area contributed by atoms with Gasteiger partial charge in [0.15, 0.2) is 11.7 Å². The fourth-order valence-electron chi connectivity index (χ4n) is 4.10. The molecule has 7 heteroatoms. The fourth-order valence-corrected chi connectivity index (χ4v) is 4.10. The molecule has 1 saturated carbocycles. The Morgan fingerprint density at radius 1 is 1.19 bits per heavy atom. The summed E-state index contributed by atoms with van der Waals surface area (Å²) in [6.45, 7) is 9.32. The number of guanidine groups is 1. The molecule has 1 aromatic heterocycles. The second-order valence-corrected chi connectivity index (χ2v) is 7.83. The Bertz CT molecular complexity index is 647. The van der Waals surface area contributed by atoms with Gasteiger partial charge in [0.25, 0.3) is 5.91 Å². The summed E-state index contributed by atoms with van der Waals surface area (Å²) >= 11 is 0. The Morgan fingerprint density at radius 2 is 1.96 bits per heavy atom. The number of nitrogens with one attached hydrogen (secondary N) is 1. The van der Waals surface area contributed by atoms with Crippen LogP contribution in [-0.4, -0.2) is 85.0 Å². The van der Waals surface area contributed by atoms with Gasteiger partial charge >= 0.3 is 0 Å². The van der Waals surface area contributed by atoms with Gasteiger partial charge < -0.3 is 24.4 Å². The summed E-state index contributed by atoms with van der Waals surface area (Å²) in [7, 11) is 0. The van der Waals surface area contributed by atoms with E-state index in [0.717, 1.165) is 38.2 Å². The maximum atomic E-state index is 12.4. The Morgan fingerprint density at radius 3 is 2.63 bits per heavy atom. The zero-order valence-electron chi connectivity index (χ0n) is 16.3. The molecule has 27 heavy (non-hydrogen) atoms. The smallest absolute Gasteiger partial charge is 0.289 e. The number of furan rings is 1. The predicted octanol–water partition coefficient (Wildman–Crippen LogP) is 1.49. The van der Waals surface area contributed by atoms with Gasteiger partial charge in [-0.1, -0.05) is 0 Å². The highest BCUT2D eigenvalue weighted by atomic mass is 16.3. The summed E-state index contributed by atoms with van der Waals surface area (Å²) < 4.78 is 5.24. The third-order valence-corrected chi connectivity index (χ3v) is 5.81. The molecule has 0 spiro atoms. The van der Waals surface area contributed by atoms with E-state index in [2.05, 4.69) is 22.0 Å². The molecule has 1 atom stereocenters. The molecule has 1 unspecified atom stereocenters. The highest BCUT2D eigenvalue weighted by Crippen LogP contribution is 2.31. The van der Waals surface area contributed by atoms with E-state index in [0.29, 0.717) is 24.8 Å². The standard InChI is InChI=1S/C20H31N5O2/c1-2-21-20(22-14-16-7-8-25(15-16)17-5-6-17)24-11-9-23(10-12-24)19(26)18-4-3-13-27-18/h3-4,13,16-17H,2,5-12,14-15H2,1H3,(H,21,22). The van der Waals surface area contributed by atoms with Crippen LogP contribution in [0.3, 0.4) is 0 Å². The number of carbonyl (C=O) groups excluding carboxylic acids is 1. The number of piperazine rings is 1. The molecule has 0 radical (unpaired) electrons. The molecule has 3 aliphatic rings. The van der Waals surface area contributed by atoms with Crippen LogP contribution >= 0.6 is 0 Å². The van der Waals surface area contributed by atoms with E-state index < -0.39 is 0 Å². The van der Waals surface area contributed by atoms with Crippen molar-refractivity contribution in [1.82, 2.24) is 20.0 Å². The van der Waals surface area contributed by atoms with Gasteiger partial charge in [-0.3, -0.25) is 9.79 Å². The van der Waals surface area contributed by atoms with Gasteiger partial charge in [-0.15, -0.1) is 0 Å². The molecule has 1 aliphatic carbocycles. The largest absolute Gasteiger partial charge is 0.459 e. The molecule has 1 N–H and O–H groups in total. The maximum Gasteiger partial charge on any atom is 0.289 e. The first-order chi connectivity index (χ1) is 13.2. The lowest BCUT2D eigenvalue weighted by Gasteiger charge is -2.36. The number of aliphatic imine (C=N–C) groups is 1. The number of hydrogen-bond donors (Lipinski definition) is 1. The Hall–Kier alpha value is -2.02. The molecule has 0 aromatic carbocycles. The van der Waals surface area contributed by atoms with Gasteiger partial charge in [0, 0.05) is 51.9 Å². The highest BCUT2D eigenvalue weighted by molar-refractivity contribution is 5.91. The minimum atomic E-state index is -0.0206. The molecule has 1 amide bonds. The molecule has 2 saturated heterocycles. The van der Waals surface area contributed by atoms with Crippen molar-refractivity contribution in [2.75, 3.05) is 52.4 Å². The molecule has 2 aliphatic heterocycles. The number of carbonyl (C=O) groups is 1. The highest BCUT2D eigenvalue weighted by Gasteiger charge is 2.34. The summed E-state index contributed by atoms with van der Waals surface area (Å²) in [5.74, 6) is 2.08. The van der Waals surface area contributed by atoms with Crippen molar-refractivity contribution in [3.63, 3.8) is 0 Å². The summed E-state index contributed by atoms with van der Waals surface area (Å²) in [4.78, 5) is 24.1. The van der Waals surface area contributed by atoms with Gasteiger partial charge in [-0.25, -0.2) is 0 Å². The van der Waals surface area contributed by atoms with Crippen molar-refractivity contribution in [3.05, 3.63) is 24.2 Å². The van der Waals surface area contributed by atoms with Crippen LogP contribution in [0.4, 0.5) is 0 Å². The van der Waals surface area contributed by atoms with E-state index in [1.54, 1.807) is 18.4 Å². The van der Waals surface area contributed by atoms with Gasteiger partial charge in [-0.05, 0) is 50.8 Å². The van der Waals surface area contributed by atoms with Crippen LogP contribution in [0, 0.1) is 5.92 Å². The molecule has 148 valence electrons. The average Bonchev–Trinajstić information content (AvgIpc) is 3.20. The quantitative estimate of drug-likeness (QED) is 0.626. The number of likely N-dealkylation sites (tertiary alicyclic amines) is 1. The van der Waals surface area contributed by atoms with E-state index in [1.807, 2.05) is 4.90 Å². The first-order valence-corrected chi connectivity index (χ1v) is 10.3. The van der Waals surface area contributed by atoms with Crippen LogP contribution in [0.5, 0.6) is 0 Å². The number of nitrogens with zero attached hydrogens (tertiary/aromatic N) is 4. The Labute approximate surface area is 161 Å². The summed E-state index contributed by atoms with van der Waals surface area (Å²) in [5, 5.41) is 3.43. The molecular formula is C20H31N5O2. The fraction of sp³-hybridized carbons (Fsp3) is 0.700. The van der Waals surface area contributed by atoms with Crippen LogP contribution < -0.4 is 5.32 Å². The minimum absolute atomic E-state index is 0.0206. The van der Waals surface area contributed by atoms with Crippen molar-refractivity contribution < 1.29 is 9.21 Å². The van der Waals surface area contributed by atoms with Crippen molar-refractivity contribution >= 4 is 11.9 Å². The first-order valence-electron chi connectivity index (χ1n) is 10.3. The normalized spacial score (nSPS) is 24.5. The van der Waals surface area contributed by atoms with Crippen LogP contribution in [-0.2, 0) is 0 Å². The van der Waals surface area contributed by atoms with E-state index >= 15 is 0 Å². The van der Waals surface area contributed by atoms with Crippen LogP contribution in [0.2, 0.25) is 0 Å². The summed E-state index contributed by atoms with van der Waals surface area (Å²) in [6, 6.07) is 4.35. The van der Waals surface area contributed by atoms with Gasteiger partial charge in [0.1, 0.15) is 0 Å².